The Hall–Kier alpha value is -3.56. The van der Waals surface area contributed by atoms with E-state index < -0.39 is 111 Å². The van der Waals surface area contributed by atoms with Crippen LogP contribution in [0.4, 0.5) is 97.9 Å². The number of anilines is 1. The first-order chi connectivity index (χ1) is 19.8. The number of esters is 2. The molecule has 0 aromatic heterocycles. The highest BCUT2D eigenvalue weighted by atomic mass is 32.2. The molecule has 0 heterocycles. The van der Waals surface area contributed by atoms with Crippen molar-refractivity contribution in [3.63, 3.8) is 0 Å². The summed E-state index contributed by atoms with van der Waals surface area (Å²) in [6.45, 7) is 0. The highest BCUT2D eigenvalue weighted by Gasteiger charge is 2.85. The molecule has 46 heavy (non-hydrogen) atoms. The van der Waals surface area contributed by atoms with Gasteiger partial charge in [0.05, 0.1) is 5.69 Å². The Morgan fingerprint density at radius 1 is 0.500 bits per heavy atom. The van der Waals surface area contributed by atoms with Gasteiger partial charge in [0, 0.05) is 18.2 Å². The number of alkyl halides is 21. The second-order valence-electron chi connectivity index (χ2n) is 7.97. The van der Waals surface area contributed by atoms with E-state index in [0.29, 0.717) is 0 Å². The van der Waals surface area contributed by atoms with E-state index in [1.165, 1.54) is 0 Å². The normalized spacial score (nSPS) is 15.0. The van der Waals surface area contributed by atoms with Crippen LogP contribution in [0.1, 0.15) is 0 Å². The van der Waals surface area contributed by atoms with E-state index in [1.807, 2.05) is 0 Å². The second kappa shape index (κ2) is 11.3. The van der Waals surface area contributed by atoms with Gasteiger partial charge >= 0.3 is 75.4 Å². The van der Waals surface area contributed by atoms with E-state index in [-0.39, 0.29) is 4.72 Å². The van der Waals surface area contributed by atoms with Crippen LogP contribution in [0.2, 0.25) is 0 Å². The summed E-state index contributed by atoms with van der Waals surface area (Å²) in [6, 6.07) is -2.06. The molecule has 0 bridgehead atoms. The molecule has 0 aliphatic rings. The average molecular weight is 749 g/mol. The predicted molar refractivity (Wildman–Crippen MR) is 98.1 cm³/mol. The molecule has 7 nitrogen and oxygen atoms in total. The van der Waals surface area contributed by atoms with E-state index in [4.69, 9.17) is 0 Å². The molecule has 0 amide bonds. The first-order valence-corrected chi connectivity index (χ1v) is 11.4. The molecule has 0 radical (unpaired) electrons. The van der Waals surface area contributed by atoms with Crippen LogP contribution in [0.15, 0.2) is 18.2 Å². The van der Waals surface area contributed by atoms with Gasteiger partial charge in [0.15, 0.2) is 0 Å². The van der Waals surface area contributed by atoms with Crippen molar-refractivity contribution in [2.45, 2.75) is 53.4 Å². The van der Waals surface area contributed by atoms with Crippen LogP contribution in [0.5, 0.6) is 11.5 Å². The zero-order chi connectivity index (χ0) is 37.1. The molecule has 0 aliphatic heterocycles. The van der Waals surface area contributed by atoms with Gasteiger partial charge in [0.2, 0.25) is 0 Å². The summed E-state index contributed by atoms with van der Waals surface area (Å²) in [7, 11) is -6.83. The number of ether oxygens (including phenoxy) is 2. The number of sulfonamides is 1. The fourth-order valence-corrected chi connectivity index (χ4v) is 2.85. The van der Waals surface area contributed by atoms with Crippen LogP contribution in [0, 0.1) is 0 Å². The average Bonchev–Trinajstić information content (AvgIpc) is 2.80. The predicted octanol–water partition coefficient (Wildman–Crippen LogP) is 6.70. The van der Waals surface area contributed by atoms with Gasteiger partial charge in [-0.25, -0.2) is 9.59 Å². The van der Waals surface area contributed by atoms with Crippen LogP contribution < -0.4 is 14.2 Å². The van der Waals surface area contributed by atoms with Gasteiger partial charge in [-0.2, -0.15) is 101 Å². The maximum Gasteiger partial charge on any atom is 0.516 e. The number of benzene rings is 1. The van der Waals surface area contributed by atoms with Crippen molar-refractivity contribution >= 4 is 27.6 Å². The summed E-state index contributed by atoms with van der Waals surface area (Å²) >= 11 is 0. The highest BCUT2D eigenvalue weighted by Crippen LogP contribution is 2.55. The fraction of sp³-hybridized carbons (Fsp3) is 0.529. The van der Waals surface area contributed by atoms with E-state index in [0.717, 1.165) is 0 Å². The Morgan fingerprint density at radius 3 is 1.02 bits per heavy atom. The first kappa shape index (κ1) is 40.5. The van der Waals surface area contributed by atoms with Crippen molar-refractivity contribution in [3.05, 3.63) is 18.2 Å². The van der Waals surface area contributed by atoms with E-state index in [1.54, 1.807) is 0 Å². The third kappa shape index (κ3) is 6.76. The van der Waals surface area contributed by atoms with Gasteiger partial charge in [-0.1, -0.05) is 0 Å². The van der Waals surface area contributed by atoms with Crippen molar-refractivity contribution < 1.29 is 120 Å². The molecule has 1 rings (SSSR count). The molecule has 0 spiro atoms. The number of hydrogen-bond donors (Lipinski definition) is 1. The Labute approximate surface area is 236 Å². The molecule has 1 N–H and O–H groups in total. The summed E-state index contributed by atoms with van der Waals surface area (Å²) < 4.78 is 301. The third-order valence-corrected chi connectivity index (χ3v) is 5.77. The zero-order valence-electron chi connectivity index (χ0n) is 20.0. The summed E-state index contributed by atoms with van der Waals surface area (Å²) in [4.78, 5) is 22.9. The molecule has 0 saturated heterocycles. The quantitative estimate of drug-likeness (QED) is 0.163. The zero-order valence-corrected chi connectivity index (χ0v) is 20.8. The Bertz CT molecular complexity index is 1360. The van der Waals surface area contributed by atoms with Gasteiger partial charge < -0.3 is 9.47 Å². The Balaban J connectivity index is 3.75. The number of halogens is 21. The number of hydrogen-bond acceptors (Lipinski definition) is 6. The smallest absolute Gasteiger partial charge is 0.422 e. The van der Waals surface area contributed by atoms with Crippen molar-refractivity contribution in [1.82, 2.24) is 0 Å². The van der Waals surface area contributed by atoms with E-state index in [2.05, 4.69) is 9.47 Å². The summed E-state index contributed by atoms with van der Waals surface area (Å²) in [6.07, 6.45) is -15.1. The number of carbonyl (C=O) groups excluding carboxylic acids is 2. The molecule has 0 unspecified atom stereocenters. The monoisotopic (exact) mass is 749 g/mol. The lowest BCUT2D eigenvalue weighted by Crippen LogP contribution is -2.64. The molecule has 29 heteroatoms. The largest absolute Gasteiger partial charge is 0.516 e. The minimum absolute atomic E-state index is 0.268. The number of rotatable bonds is 10. The Kier molecular flexibility index (Phi) is 9.94. The van der Waals surface area contributed by atoms with Crippen molar-refractivity contribution in [1.29, 1.82) is 0 Å². The molecule has 0 saturated carbocycles. The standard InChI is InChI=1S/C17H4F21NO6S/c18-9(19,11(22,23)13(26,27)15(30,31)32)7(40)44-5-1-4(39-46(42,43)17(36,37)38)2-6(3-5)45-8(41)10(20,21)12(24,25)14(28,29)16(33,34)35/h1-3,39H. The number of nitrogens with one attached hydrogen (secondary N) is 1. The fourth-order valence-electron chi connectivity index (χ4n) is 2.31. The lowest BCUT2D eigenvalue weighted by molar-refractivity contribution is -0.390. The van der Waals surface area contributed by atoms with Gasteiger partial charge in [0.25, 0.3) is 0 Å². The molecule has 0 fully saturated rings. The highest BCUT2D eigenvalue weighted by molar-refractivity contribution is 7.93. The van der Waals surface area contributed by atoms with Crippen LogP contribution in [0.3, 0.4) is 0 Å². The van der Waals surface area contributed by atoms with Crippen LogP contribution in [-0.2, 0) is 19.6 Å². The van der Waals surface area contributed by atoms with Crippen LogP contribution in [-0.4, -0.2) is 73.8 Å². The van der Waals surface area contributed by atoms with Crippen molar-refractivity contribution in [2.24, 2.45) is 0 Å². The molecule has 0 aliphatic carbocycles. The molecule has 1 aromatic carbocycles. The second-order valence-corrected chi connectivity index (χ2v) is 9.64. The summed E-state index contributed by atoms with van der Waals surface area (Å²) in [5.74, 6) is -59.2. The van der Waals surface area contributed by atoms with Crippen molar-refractivity contribution in [3.8, 4) is 11.5 Å². The summed E-state index contributed by atoms with van der Waals surface area (Å²) in [5.41, 5.74) is -8.55. The minimum atomic E-state index is -7.81. The minimum Gasteiger partial charge on any atom is -0.422 e. The van der Waals surface area contributed by atoms with E-state index in [9.17, 15) is 110 Å². The summed E-state index contributed by atoms with van der Waals surface area (Å²) in [5, 5.41) is 0. The maximum atomic E-state index is 13.7. The SMILES string of the molecule is O=C(Oc1cc(NS(=O)(=O)C(F)(F)F)cc(OC(=O)C(F)(F)C(F)(F)C(F)(F)C(F)(F)F)c1)C(F)(F)C(F)(F)C(F)(F)C(F)(F)F. The molecule has 266 valence electrons. The first-order valence-electron chi connectivity index (χ1n) is 9.92. The lowest BCUT2D eigenvalue weighted by Gasteiger charge is -2.32. The van der Waals surface area contributed by atoms with Gasteiger partial charge in [-0.05, 0) is 0 Å². The topological polar surface area (TPSA) is 98.8 Å². The molecule has 0 atom stereocenters. The van der Waals surface area contributed by atoms with Gasteiger partial charge in [0.1, 0.15) is 11.5 Å². The number of carbonyl (C=O) groups is 2. The van der Waals surface area contributed by atoms with Crippen molar-refractivity contribution in [2.75, 3.05) is 4.72 Å². The van der Waals surface area contributed by atoms with E-state index >= 15 is 0 Å². The van der Waals surface area contributed by atoms with Gasteiger partial charge in [-0.15, -0.1) is 0 Å². The Morgan fingerprint density at radius 2 is 0.783 bits per heavy atom. The molecular formula is C17H4F21NO6S. The molecular weight excluding hydrogens is 745 g/mol. The van der Waals surface area contributed by atoms with Gasteiger partial charge in [-0.3, -0.25) is 4.72 Å². The lowest BCUT2D eigenvalue weighted by atomic mass is 10.0. The third-order valence-electron chi connectivity index (χ3n) is 4.66. The van der Waals surface area contributed by atoms with Crippen LogP contribution >= 0.6 is 0 Å². The maximum absolute atomic E-state index is 13.7. The van der Waals surface area contributed by atoms with Crippen LogP contribution in [0.25, 0.3) is 0 Å². The molecule has 1 aromatic rings.